The normalized spacial score (nSPS) is 11.9. The van der Waals surface area contributed by atoms with Crippen molar-refractivity contribution in [3.8, 4) is 0 Å². The molecule has 0 saturated carbocycles. The van der Waals surface area contributed by atoms with Gasteiger partial charge in [0.25, 0.3) is 5.91 Å². The van der Waals surface area contributed by atoms with Crippen molar-refractivity contribution in [2.24, 2.45) is 0 Å². The van der Waals surface area contributed by atoms with Crippen LogP contribution in [-0.4, -0.2) is 10.9 Å². The highest BCUT2D eigenvalue weighted by Gasteiger charge is 2.13. The minimum absolute atomic E-state index is 0.0719. The van der Waals surface area contributed by atoms with E-state index in [2.05, 4.69) is 10.3 Å². The van der Waals surface area contributed by atoms with Crippen LogP contribution in [0.15, 0.2) is 42.7 Å². The second-order valence-electron chi connectivity index (χ2n) is 4.46. The smallest absolute Gasteiger partial charge is 0.253 e. The molecular formula is C15H15ClN2O. The molecule has 0 radical (unpaired) electrons. The van der Waals surface area contributed by atoms with Crippen molar-refractivity contribution in [3.05, 3.63) is 64.4 Å². The van der Waals surface area contributed by atoms with Crippen molar-refractivity contribution in [1.29, 1.82) is 0 Å². The lowest BCUT2D eigenvalue weighted by Crippen LogP contribution is -2.26. The number of nitrogens with one attached hydrogen (secondary N) is 1. The number of pyridine rings is 1. The first-order valence-corrected chi connectivity index (χ1v) is 6.42. The third-order valence-electron chi connectivity index (χ3n) is 2.94. The zero-order valence-corrected chi connectivity index (χ0v) is 11.6. The molecule has 1 unspecified atom stereocenters. The summed E-state index contributed by atoms with van der Waals surface area (Å²) >= 11 is 5.95. The summed E-state index contributed by atoms with van der Waals surface area (Å²) in [6.45, 7) is 3.97. The van der Waals surface area contributed by atoms with Gasteiger partial charge in [-0.2, -0.15) is 0 Å². The van der Waals surface area contributed by atoms with E-state index >= 15 is 0 Å². The number of hydrogen-bond donors (Lipinski definition) is 1. The fourth-order valence-corrected chi connectivity index (χ4v) is 1.98. The SMILES string of the molecule is Cc1ccc(C(C)NC(=O)c2ccncc2Cl)cc1. The minimum Gasteiger partial charge on any atom is -0.345 e. The van der Waals surface area contributed by atoms with Gasteiger partial charge in [0.15, 0.2) is 0 Å². The van der Waals surface area contributed by atoms with Crippen LogP contribution in [0.2, 0.25) is 5.02 Å². The van der Waals surface area contributed by atoms with Gasteiger partial charge in [-0.15, -0.1) is 0 Å². The van der Waals surface area contributed by atoms with E-state index in [0.29, 0.717) is 10.6 Å². The monoisotopic (exact) mass is 274 g/mol. The number of nitrogens with zero attached hydrogens (tertiary/aromatic N) is 1. The van der Waals surface area contributed by atoms with Crippen LogP contribution in [0.5, 0.6) is 0 Å². The first-order chi connectivity index (χ1) is 9.08. The van der Waals surface area contributed by atoms with Gasteiger partial charge in [-0.3, -0.25) is 9.78 Å². The molecule has 0 aliphatic rings. The average Bonchev–Trinajstić information content (AvgIpc) is 2.39. The van der Waals surface area contributed by atoms with Crippen LogP contribution in [0.4, 0.5) is 0 Å². The number of hydrogen-bond acceptors (Lipinski definition) is 2. The van der Waals surface area contributed by atoms with Gasteiger partial charge in [0.05, 0.1) is 16.6 Å². The summed E-state index contributed by atoms with van der Waals surface area (Å²) in [5, 5.41) is 3.28. The van der Waals surface area contributed by atoms with Gasteiger partial charge in [-0.25, -0.2) is 0 Å². The molecule has 1 N–H and O–H groups in total. The lowest BCUT2D eigenvalue weighted by Gasteiger charge is -2.15. The maximum Gasteiger partial charge on any atom is 0.253 e. The van der Waals surface area contributed by atoms with Gasteiger partial charge in [0.1, 0.15) is 0 Å². The Bertz CT molecular complexity index is 581. The number of carbonyl (C=O) groups excluding carboxylic acids is 1. The van der Waals surface area contributed by atoms with Crippen LogP contribution in [-0.2, 0) is 0 Å². The van der Waals surface area contributed by atoms with E-state index in [1.807, 2.05) is 38.1 Å². The average molecular weight is 275 g/mol. The molecule has 2 rings (SSSR count). The van der Waals surface area contributed by atoms with Gasteiger partial charge in [0.2, 0.25) is 0 Å². The number of aryl methyl sites for hydroxylation is 1. The minimum atomic E-state index is -0.194. The molecule has 0 spiro atoms. The number of benzene rings is 1. The Morgan fingerprint density at radius 3 is 2.58 bits per heavy atom. The van der Waals surface area contributed by atoms with E-state index < -0.39 is 0 Å². The Labute approximate surface area is 117 Å². The van der Waals surface area contributed by atoms with Crippen LogP contribution in [0.3, 0.4) is 0 Å². The number of aromatic nitrogens is 1. The molecule has 2 aromatic rings. The summed E-state index contributed by atoms with van der Waals surface area (Å²) in [6.07, 6.45) is 3.02. The molecule has 1 aromatic heterocycles. The highest BCUT2D eigenvalue weighted by molar-refractivity contribution is 6.33. The van der Waals surface area contributed by atoms with E-state index in [4.69, 9.17) is 11.6 Å². The van der Waals surface area contributed by atoms with E-state index in [0.717, 1.165) is 5.56 Å². The summed E-state index contributed by atoms with van der Waals surface area (Å²) in [5.74, 6) is -0.194. The highest BCUT2D eigenvalue weighted by atomic mass is 35.5. The van der Waals surface area contributed by atoms with E-state index in [9.17, 15) is 4.79 Å². The molecule has 3 nitrogen and oxygen atoms in total. The molecule has 19 heavy (non-hydrogen) atoms. The lowest BCUT2D eigenvalue weighted by atomic mass is 10.1. The van der Waals surface area contributed by atoms with Crippen molar-refractivity contribution in [1.82, 2.24) is 10.3 Å². The zero-order valence-electron chi connectivity index (χ0n) is 10.9. The molecular weight excluding hydrogens is 260 g/mol. The van der Waals surface area contributed by atoms with Crippen LogP contribution >= 0.6 is 11.6 Å². The second-order valence-corrected chi connectivity index (χ2v) is 4.87. The van der Waals surface area contributed by atoms with Crippen molar-refractivity contribution in [2.45, 2.75) is 19.9 Å². The first-order valence-electron chi connectivity index (χ1n) is 6.05. The number of halogens is 1. The third kappa shape index (κ3) is 3.32. The molecule has 1 atom stereocenters. The number of carbonyl (C=O) groups is 1. The summed E-state index contributed by atoms with van der Waals surface area (Å²) in [7, 11) is 0. The van der Waals surface area contributed by atoms with Crippen LogP contribution in [0, 0.1) is 6.92 Å². The molecule has 1 aromatic carbocycles. The van der Waals surface area contributed by atoms with Crippen LogP contribution < -0.4 is 5.32 Å². The Balaban J connectivity index is 2.11. The summed E-state index contributed by atoms with van der Waals surface area (Å²) < 4.78 is 0. The summed E-state index contributed by atoms with van der Waals surface area (Å²) in [5.41, 5.74) is 2.69. The third-order valence-corrected chi connectivity index (χ3v) is 3.24. The quantitative estimate of drug-likeness (QED) is 0.930. The molecule has 0 bridgehead atoms. The largest absolute Gasteiger partial charge is 0.345 e. The highest BCUT2D eigenvalue weighted by Crippen LogP contribution is 2.17. The van der Waals surface area contributed by atoms with Gasteiger partial charge >= 0.3 is 0 Å². The fourth-order valence-electron chi connectivity index (χ4n) is 1.77. The molecule has 98 valence electrons. The molecule has 1 heterocycles. The molecule has 0 aliphatic heterocycles. The Hall–Kier alpha value is -1.87. The van der Waals surface area contributed by atoms with Gasteiger partial charge in [-0.1, -0.05) is 41.4 Å². The fraction of sp³-hybridized carbons (Fsp3) is 0.200. The standard InChI is InChI=1S/C15H15ClN2O/c1-10-3-5-12(6-4-10)11(2)18-15(19)13-7-8-17-9-14(13)16/h3-9,11H,1-2H3,(H,18,19). The maximum atomic E-state index is 12.1. The zero-order chi connectivity index (χ0) is 13.8. The molecule has 0 saturated heterocycles. The molecule has 1 amide bonds. The number of amides is 1. The molecule has 0 fully saturated rings. The van der Waals surface area contributed by atoms with Gasteiger partial charge < -0.3 is 5.32 Å². The summed E-state index contributed by atoms with van der Waals surface area (Å²) in [6, 6.07) is 9.61. The van der Waals surface area contributed by atoms with Crippen molar-refractivity contribution in [3.63, 3.8) is 0 Å². The maximum absolute atomic E-state index is 12.1. The van der Waals surface area contributed by atoms with E-state index in [-0.39, 0.29) is 11.9 Å². The van der Waals surface area contributed by atoms with Gasteiger partial charge in [0, 0.05) is 12.4 Å². The van der Waals surface area contributed by atoms with Crippen molar-refractivity contribution < 1.29 is 4.79 Å². The summed E-state index contributed by atoms with van der Waals surface area (Å²) in [4.78, 5) is 16.0. The van der Waals surface area contributed by atoms with Crippen LogP contribution in [0.1, 0.15) is 34.5 Å². The molecule has 0 aliphatic carbocycles. The second kappa shape index (κ2) is 5.85. The Morgan fingerprint density at radius 1 is 1.26 bits per heavy atom. The van der Waals surface area contributed by atoms with E-state index in [1.165, 1.54) is 11.8 Å². The van der Waals surface area contributed by atoms with Crippen molar-refractivity contribution >= 4 is 17.5 Å². The van der Waals surface area contributed by atoms with E-state index in [1.54, 1.807) is 12.3 Å². The lowest BCUT2D eigenvalue weighted by molar-refractivity contribution is 0.0940. The first kappa shape index (κ1) is 13.6. The Morgan fingerprint density at radius 2 is 1.95 bits per heavy atom. The number of rotatable bonds is 3. The van der Waals surface area contributed by atoms with Crippen LogP contribution in [0.25, 0.3) is 0 Å². The van der Waals surface area contributed by atoms with Crippen molar-refractivity contribution in [2.75, 3.05) is 0 Å². The predicted molar refractivity (Wildman–Crippen MR) is 76.3 cm³/mol. The Kier molecular flexibility index (Phi) is 4.17. The topological polar surface area (TPSA) is 42.0 Å². The predicted octanol–water partition coefficient (Wildman–Crippen LogP) is 3.53. The molecule has 4 heteroatoms. The van der Waals surface area contributed by atoms with Gasteiger partial charge in [-0.05, 0) is 25.5 Å².